The van der Waals surface area contributed by atoms with Crippen LogP contribution in [-0.2, 0) is 9.53 Å². The molecule has 0 radical (unpaired) electrons. The summed E-state index contributed by atoms with van der Waals surface area (Å²) in [5.74, 6) is -0.0983. The van der Waals surface area contributed by atoms with Gasteiger partial charge in [0.1, 0.15) is 0 Å². The summed E-state index contributed by atoms with van der Waals surface area (Å²) in [5, 5.41) is 10.4. The van der Waals surface area contributed by atoms with Gasteiger partial charge in [0, 0.05) is 23.7 Å². The Morgan fingerprint density at radius 3 is 2.35 bits per heavy atom. The molecule has 0 spiro atoms. The lowest BCUT2D eigenvalue weighted by Gasteiger charge is -2.41. The largest absolute Gasteiger partial charge is 0.481 e. The van der Waals surface area contributed by atoms with Crippen molar-refractivity contribution >= 4 is 17.7 Å². The highest BCUT2D eigenvalue weighted by atomic mass is 32.2. The number of ether oxygens (including phenoxy) is 1. The van der Waals surface area contributed by atoms with E-state index in [1.165, 1.54) is 0 Å². The first-order chi connectivity index (χ1) is 9.38. The summed E-state index contributed by atoms with van der Waals surface area (Å²) in [6.07, 6.45) is 5.12. The van der Waals surface area contributed by atoms with Crippen LogP contribution in [-0.4, -0.2) is 34.8 Å². The molecule has 2 rings (SSSR count). The Hall–Kier alpha value is -0.220. The molecule has 2 aliphatic rings. The first kappa shape index (κ1) is 16.2. The highest BCUT2D eigenvalue weighted by Crippen LogP contribution is 2.45. The van der Waals surface area contributed by atoms with E-state index in [1.54, 1.807) is 0 Å². The number of thioether (sulfide) groups is 1. The summed E-state index contributed by atoms with van der Waals surface area (Å²) in [6, 6.07) is 0. The SMILES string of the molecule is CC(C)(C)C1CCC(C(=O)O)C(SC2CCOCC2)C1. The Morgan fingerprint density at radius 2 is 1.80 bits per heavy atom. The molecule has 20 heavy (non-hydrogen) atoms. The summed E-state index contributed by atoms with van der Waals surface area (Å²) in [6.45, 7) is 8.54. The molecule has 1 saturated heterocycles. The lowest BCUT2D eigenvalue weighted by Crippen LogP contribution is -2.38. The van der Waals surface area contributed by atoms with E-state index < -0.39 is 5.97 Å². The summed E-state index contributed by atoms with van der Waals surface area (Å²) in [4.78, 5) is 11.5. The predicted octanol–water partition coefficient (Wildman–Crippen LogP) is 3.81. The minimum absolute atomic E-state index is 0.151. The molecule has 0 aromatic carbocycles. The molecule has 2 fully saturated rings. The van der Waals surface area contributed by atoms with Gasteiger partial charge in [-0.05, 0) is 43.4 Å². The zero-order valence-corrected chi connectivity index (χ0v) is 13.7. The maximum atomic E-state index is 11.5. The van der Waals surface area contributed by atoms with Gasteiger partial charge in [-0.25, -0.2) is 0 Å². The molecule has 0 amide bonds. The van der Waals surface area contributed by atoms with Gasteiger partial charge in [0.15, 0.2) is 0 Å². The lowest BCUT2D eigenvalue weighted by molar-refractivity contribution is -0.143. The second-order valence-electron chi connectivity index (χ2n) is 7.31. The zero-order valence-electron chi connectivity index (χ0n) is 12.9. The fourth-order valence-electron chi connectivity index (χ4n) is 3.41. The Bertz CT molecular complexity index is 331. The topological polar surface area (TPSA) is 46.5 Å². The third-order valence-electron chi connectivity index (χ3n) is 4.87. The molecule has 3 nitrogen and oxygen atoms in total. The maximum absolute atomic E-state index is 11.5. The molecule has 1 N–H and O–H groups in total. The van der Waals surface area contributed by atoms with Crippen molar-refractivity contribution in [1.82, 2.24) is 0 Å². The van der Waals surface area contributed by atoms with Crippen molar-refractivity contribution in [2.24, 2.45) is 17.3 Å². The van der Waals surface area contributed by atoms with Crippen LogP contribution in [0, 0.1) is 17.3 Å². The van der Waals surface area contributed by atoms with Gasteiger partial charge >= 0.3 is 5.97 Å². The van der Waals surface area contributed by atoms with E-state index in [0.29, 0.717) is 11.2 Å². The molecule has 1 saturated carbocycles. The average Bonchev–Trinajstić information content (AvgIpc) is 2.38. The van der Waals surface area contributed by atoms with Crippen molar-refractivity contribution in [2.45, 2.75) is 63.4 Å². The number of hydrogen-bond acceptors (Lipinski definition) is 3. The van der Waals surface area contributed by atoms with Crippen molar-refractivity contribution in [3.05, 3.63) is 0 Å². The molecule has 0 aromatic heterocycles. The standard InChI is InChI=1S/C16H28O3S/c1-16(2,3)11-4-5-13(15(17)18)14(10-11)20-12-6-8-19-9-7-12/h11-14H,4-10H2,1-3H3,(H,17,18). The van der Waals surface area contributed by atoms with E-state index in [1.807, 2.05) is 11.8 Å². The van der Waals surface area contributed by atoms with Crippen molar-refractivity contribution < 1.29 is 14.6 Å². The Labute approximate surface area is 126 Å². The molecular weight excluding hydrogens is 272 g/mol. The predicted molar refractivity (Wildman–Crippen MR) is 83.1 cm³/mol. The molecule has 116 valence electrons. The Morgan fingerprint density at radius 1 is 1.15 bits per heavy atom. The van der Waals surface area contributed by atoms with Gasteiger partial charge in [-0.15, -0.1) is 0 Å². The first-order valence-corrected chi connectivity index (χ1v) is 8.78. The number of carboxylic acid groups (broad SMARTS) is 1. The number of hydrogen-bond donors (Lipinski definition) is 1. The quantitative estimate of drug-likeness (QED) is 0.861. The first-order valence-electron chi connectivity index (χ1n) is 7.84. The summed E-state index contributed by atoms with van der Waals surface area (Å²) < 4.78 is 5.41. The average molecular weight is 300 g/mol. The van der Waals surface area contributed by atoms with Crippen LogP contribution in [0.25, 0.3) is 0 Å². The Balaban J connectivity index is 2.00. The number of rotatable bonds is 3. The second-order valence-corrected chi connectivity index (χ2v) is 8.85. The molecule has 1 heterocycles. The van der Waals surface area contributed by atoms with Crippen molar-refractivity contribution in [3.8, 4) is 0 Å². The third kappa shape index (κ3) is 4.14. The Kier molecular flexibility index (Phi) is 5.41. The lowest BCUT2D eigenvalue weighted by atomic mass is 9.69. The van der Waals surface area contributed by atoms with Crippen LogP contribution < -0.4 is 0 Å². The molecule has 1 aliphatic carbocycles. The maximum Gasteiger partial charge on any atom is 0.307 e. The smallest absolute Gasteiger partial charge is 0.307 e. The summed E-state index contributed by atoms with van der Waals surface area (Å²) >= 11 is 1.94. The fourth-order valence-corrected chi connectivity index (χ4v) is 5.15. The van der Waals surface area contributed by atoms with E-state index in [0.717, 1.165) is 45.3 Å². The molecule has 0 bridgehead atoms. The highest BCUT2D eigenvalue weighted by molar-refractivity contribution is 8.00. The van der Waals surface area contributed by atoms with E-state index >= 15 is 0 Å². The van der Waals surface area contributed by atoms with Crippen LogP contribution in [0.2, 0.25) is 0 Å². The third-order valence-corrected chi connectivity index (χ3v) is 6.60. The van der Waals surface area contributed by atoms with Crippen molar-refractivity contribution in [2.75, 3.05) is 13.2 Å². The van der Waals surface area contributed by atoms with Gasteiger partial charge in [-0.3, -0.25) is 4.79 Å². The van der Waals surface area contributed by atoms with Crippen LogP contribution in [0.5, 0.6) is 0 Å². The molecule has 4 heteroatoms. The van der Waals surface area contributed by atoms with Crippen molar-refractivity contribution in [3.63, 3.8) is 0 Å². The van der Waals surface area contributed by atoms with E-state index in [9.17, 15) is 9.90 Å². The number of aliphatic carboxylic acids is 1. The minimum atomic E-state index is -0.595. The van der Waals surface area contributed by atoms with Crippen molar-refractivity contribution in [1.29, 1.82) is 0 Å². The highest BCUT2D eigenvalue weighted by Gasteiger charge is 2.40. The second kappa shape index (κ2) is 6.69. The molecule has 0 aromatic rings. The number of carboxylic acids is 1. The fraction of sp³-hybridized carbons (Fsp3) is 0.938. The van der Waals surface area contributed by atoms with Crippen LogP contribution in [0.3, 0.4) is 0 Å². The van der Waals surface area contributed by atoms with E-state index in [4.69, 9.17) is 4.74 Å². The van der Waals surface area contributed by atoms with Crippen LogP contribution in [0.15, 0.2) is 0 Å². The molecule has 3 atom stereocenters. The van der Waals surface area contributed by atoms with E-state index in [2.05, 4.69) is 20.8 Å². The van der Waals surface area contributed by atoms with Crippen LogP contribution in [0.1, 0.15) is 52.9 Å². The summed E-state index contributed by atoms with van der Waals surface area (Å²) in [5.41, 5.74) is 0.290. The van der Waals surface area contributed by atoms with Gasteiger partial charge < -0.3 is 9.84 Å². The van der Waals surface area contributed by atoms with Gasteiger partial charge in [-0.1, -0.05) is 20.8 Å². The van der Waals surface area contributed by atoms with Gasteiger partial charge in [0.05, 0.1) is 5.92 Å². The van der Waals surface area contributed by atoms with Crippen LogP contribution >= 0.6 is 11.8 Å². The van der Waals surface area contributed by atoms with Gasteiger partial charge in [0.25, 0.3) is 0 Å². The van der Waals surface area contributed by atoms with Crippen LogP contribution in [0.4, 0.5) is 0 Å². The number of carbonyl (C=O) groups is 1. The van der Waals surface area contributed by atoms with Gasteiger partial charge in [0.2, 0.25) is 0 Å². The van der Waals surface area contributed by atoms with Gasteiger partial charge in [-0.2, -0.15) is 11.8 Å². The van der Waals surface area contributed by atoms with E-state index in [-0.39, 0.29) is 16.6 Å². The molecular formula is C16H28O3S. The summed E-state index contributed by atoms with van der Waals surface area (Å²) in [7, 11) is 0. The normalized spacial score (nSPS) is 33.0. The minimum Gasteiger partial charge on any atom is -0.481 e. The molecule has 1 aliphatic heterocycles. The molecule has 3 unspecified atom stereocenters. The monoisotopic (exact) mass is 300 g/mol. The zero-order chi connectivity index (χ0) is 14.8.